The van der Waals surface area contributed by atoms with Gasteiger partial charge in [-0.25, -0.2) is 9.18 Å². The Hall–Kier alpha value is -2.87. The highest BCUT2D eigenvalue weighted by Crippen LogP contribution is 2.30. The highest BCUT2D eigenvalue weighted by Gasteiger charge is 2.29. The summed E-state index contributed by atoms with van der Waals surface area (Å²) in [6, 6.07) is 14.2. The Morgan fingerprint density at radius 2 is 1.94 bits per heavy atom. The lowest BCUT2D eigenvalue weighted by molar-refractivity contribution is -0.132. The largest absolute Gasteiger partial charge is 0.444 e. The zero-order valence-electron chi connectivity index (χ0n) is 20.9. The van der Waals surface area contributed by atoms with Crippen molar-refractivity contribution >= 4 is 38.8 Å². The van der Waals surface area contributed by atoms with Gasteiger partial charge in [-0.1, -0.05) is 28.1 Å². The number of ether oxygens (including phenoxy) is 1. The van der Waals surface area contributed by atoms with Crippen LogP contribution in [-0.4, -0.2) is 46.6 Å². The molecular formula is C28H33BrFN3O3. The Bertz CT molecular complexity index is 1220. The molecule has 1 aliphatic rings. The molecule has 2 N–H and O–H groups in total. The molecule has 0 aliphatic carbocycles. The first-order valence-electron chi connectivity index (χ1n) is 12.4. The Labute approximate surface area is 219 Å². The Morgan fingerprint density at radius 1 is 1.19 bits per heavy atom. The van der Waals surface area contributed by atoms with E-state index in [9.17, 15) is 14.0 Å². The van der Waals surface area contributed by atoms with Gasteiger partial charge in [0.05, 0.1) is 0 Å². The molecule has 0 bridgehead atoms. The number of benzene rings is 2. The first-order valence-corrected chi connectivity index (χ1v) is 13.1. The first kappa shape index (κ1) is 26.2. The summed E-state index contributed by atoms with van der Waals surface area (Å²) in [7, 11) is 0. The summed E-state index contributed by atoms with van der Waals surface area (Å²) in [6.45, 7) is 6.71. The molecule has 2 aromatic carbocycles. The van der Waals surface area contributed by atoms with Gasteiger partial charge in [-0.2, -0.15) is 0 Å². The molecule has 6 nitrogen and oxygen atoms in total. The predicted molar refractivity (Wildman–Crippen MR) is 142 cm³/mol. The van der Waals surface area contributed by atoms with Gasteiger partial charge in [-0.3, -0.25) is 4.79 Å². The molecule has 2 atom stereocenters. The number of H-pyrrole nitrogens is 1. The van der Waals surface area contributed by atoms with Crippen LogP contribution >= 0.6 is 15.9 Å². The van der Waals surface area contributed by atoms with Gasteiger partial charge in [0.25, 0.3) is 0 Å². The van der Waals surface area contributed by atoms with Crippen molar-refractivity contribution in [2.45, 2.75) is 64.0 Å². The molecule has 0 radical (unpaired) electrons. The van der Waals surface area contributed by atoms with Gasteiger partial charge >= 0.3 is 6.09 Å². The van der Waals surface area contributed by atoms with E-state index in [4.69, 9.17) is 4.74 Å². The number of aromatic nitrogens is 1. The zero-order valence-corrected chi connectivity index (χ0v) is 22.5. The summed E-state index contributed by atoms with van der Waals surface area (Å²) in [5.74, 6) is -0.118. The normalized spacial score (nSPS) is 17.1. The van der Waals surface area contributed by atoms with Gasteiger partial charge < -0.3 is 19.9 Å². The lowest BCUT2D eigenvalue weighted by atomic mass is 9.94. The van der Waals surface area contributed by atoms with Crippen molar-refractivity contribution in [2.24, 2.45) is 0 Å². The van der Waals surface area contributed by atoms with Crippen molar-refractivity contribution in [3.05, 3.63) is 70.1 Å². The van der Waals surface area contributed by atoms with E-state index in [0.717, 1.165) is 39.5 Å². The lowest BCUT2D eigenvalue weighted by Crippen LogP contribution is -2.45. The number of rotatable bonds is 6. The van der Waals surface area contributed by atoms with Gasteiger partial charge in [-0.15, -0.1) is 0 Å². The highest BCUT2D eigenvalue weighted by atomic mass is 79.9. The third-order valence-corrected chi connectivity index (χ3v) is 6.89. The minimum absolute atomic E-state index is 0.0000240. The number of amides is 2. The quantitative estimate of drug-likeness (QED) is 0.373. The van der Waals surface area contributed by atoms with Crippen molar-refractivity contribution < 1.29 is 18.7 Å². The Morgan fingerprint density at radius 3 is 2.67 bits per heavy atom. The predicted octanol–water partition coefficient (Wildman–Crippen LogP) is 6.30. The number of carbonyl (C=O) groups excluding carboxylic acids is 2. The Balaban J connectivity index is 1.44. The molecule has 4 rings (SSSR count). The molecular weight excluding hydrogens is 525 g/mol. The number of halogens is 2. The maximum Gasteiger partial charge on any atom is 0.407 e. The molecule has 2 heterocycles. The van der Waals surface area contributed by atoms with Crippen molar-refractivity contribution in [1.82, 2.24) is 15.2 Å². The number of fused-ring (bicyclic) bond motifs is 1. The van der Waals surface area contributed by atoms with Crippen LogP contribution in [0.3, 0.4) is 0 Å². The van der Waals surface area contributed by atoms with Crippen molar-refractivity contribution in [3.8, 4) is 0 Å². The highest BCUT2D eigenvalue weighted by molar-refractivity contribution is 9.10. The topological polar surface area (TPSA) is 74.4 Å². The number of carbonyl (C=O) groups is 2. The van der Waals surface area contributed by atoms with Crippen LogP contribution in [0, 0.1) is 5.82 Å². The van der Waals surface area contributed by atoms with E-state index in [1.165, 1.54) is 12.1 Å². The lowest BCUT2D eigenvalue weighted by Gasteiger charge is -2.33. The van der Waals surface area contributed by atoms with Crippen LogP contribution in [0.2, 0.25) is 0 Å². The fraction of sp³-hybridized carbons (Fsp3) is 0.429. The fourth-order valence-electron chi connectivity index (χ4n) is 4.69. The molecule has 192 valence electrons. The van der Waals surface area contributed by atoms with Gasteiger partial charge in [0, 0.05) is 47.2 Å². The van der Waals surface area contributed by atoms with Crippen LogP contribution in [-0.2, 0) is 16.0 Å². The molecule has 3 aromatic rings. The monoisotopic (exact) mass is 557 g/mol. The molecule has 2 amide bonds. The van der Waals surface area contributed by atoms with Crippen LogP contribution < -0.4 is 5.32 Å². The van der Waals surface area contributed by atoms with Gasteiger partial charge in [0.2, 0.25) is 5.91 Å². The van der Waals surface area contributed by atoms with Crippen molar-refractivity contribution in [3.63, 3.8) is 0 Å². The number of alkyl carbamates (subject to hydrolysis) is 1. The maximum absolute atomic E-state index is 13.6. The molecule has 1 fully saturated rings. The second kappa shape index (κ2) is 11.0. The molecule has 1 unspecified atom stereocenters. The molecule has 8 heteroatoms. The minimum Gasteiger partial charge on any atom is -0.444 e. The standard InChI is InChI=1S/C28H33BrFN3O3/c1-28(2,3)36-27(35)31-23(13-18-6-9-21(29)10-7-18)16-26(34)33-12-4-5-20(17-33)24-14-19-8-11-22(30)15-25(19)32-24/h6-11,14-15,20,23,32H,4-5,12-13,16-17H2,1-3H3,(H,31,35)/t20?,23-/m1/s1. The molecule has 1 aromatic heterocycles. The van der Waals surface area contributed by atoms with E-state index in [0.29, 0.717) is 19.5 Å². The van der Waals surface area contributed by atoms with Crippen LogP contribution in [0.5, 0.6) is 0 Å². The van der Waals surface area contributed by atoms with Crippen molar-refractivity contribution in [1.29, 1.82) is 0 Å². The van der Waals surface area contributed by atoms with Gasteiger partial charge in [0.15, 0.2) is 0 Å². The zero-order chi connectivity index (χ0) is 25.9. The number of nitrogens with zero attached hydrogens (tertiary/aromatic N) is 1. The third-order valence-electron chi connectivity index (χ3n) is 6.36. The first-order chi connectivity index (χ1) is 17.1. The second-order valence-corrected chi connectivity index (χ2v) is 11.4. The van der Waals surface area contributed by atoms with E-state index in [1.54, 1.807) is 6.07 Å². The summed E-state index contributed by atoms with van der Waals surface area (Å²) in [5.41, 5.74) is 2.18. The van der Waals surface area contributed by atoms with E-state index >= 15 is 0 Å². The summed E-state index contributed by atoms with van der Waals surface area (Å²) in [5, 5.41) is 3.87. The number of nitrogens with one attached hydrogen (secondary N) is 2. The summed E-state index contributed by atoms with van der Waals surface area (Å²) in [4.78, 5) is 31.1. The molecule has 1 saturated heterocycles. The average molecular weight is 558 g/mol. The molecule has 1 aliphatic heterocycles. The SMILES string of the molecule is CC(C)(C)OC(=O)N[C@@H](CC(=O)N1CCCC(c2cc3ccc(F)cc3[nH]2)C1)Cc1ccc(Br)cc1. The minimum atomic E-state index is -0.626. The van der Waals surface area contributed by atoms with Gasteiger partial charge in [-0.05, 0) is 87.4 Å². The summed E-state index contributed by atoms with van der Waals surface area (Å²) >= 11 is 3.45. The van der Waals surface area contributed by atoms with E-state index in [1.807, 2.05) is 56.0 Å². The van der Waals surface area contributed by atoms with Crippen LogP contribution in [0.15, 0.2) is 53.0 Å². The number of likely N-dealkylation sites (tertiary alicyclic amines) is 1. The summed E-state index contributed by atoms with van der Waals surface area (Å²) in [6.07, 6.45) is 2.01. The average Bonchev–Trinajstić information content (AvgIpc) is 3.22. The smallest absolute Gasteiger partial charge is 0.407 e. The van der Waals surface area contributed by atoms with Crippen LogP contribution in [0.4, 0.5) is 9.18 Å². The summed E-state index contributed by atoms with van der Waals surface area (Å²) < 4.78 is 20.0. The van der Waals surface area contributed by atoms with Crippen LogP contribution in [0.25, 0.3) is 10.9 Å². The van der Waals surface area contributed by atoms with E-state index in [2.05, 4.69) is 26.2 Å². The molecule has 0 spiro atoms. The van der Waals surface area contributed by atoms with E-state index in [-0.39, 0.29) is 24.1 Å². The van der Waals surface area contributed by atoms with Crippen LogP contribution in [0.1, 0.15) is 57.2 Å². The number of aromatic amines is 1. The molecule has 0 saturated carbocycles. The van der Waals surface area contributed by atoms with E-state index < -0.39 is 17.7 Å². The second-order valence-electron chi connectivity index (χ2n) is 10.5. The fourth-order valence-corrected chi connectivity index (χ4v) is 4.96. The Kier molecular flexibility index (Phi) is 8.03. The third kappa shape index (κ3) is 7.09. The molecule has 36 heavy (non-hydrogen) atoms. The maximum atomic E-state index is 13.6. The van der Waals surface area contributed by atoms with Crippen molar-refractivity contribution in [2.75, 3.05) is 13.1 Å². The number of piperidine rings is 1. The number of hydrogen-bond acceptors (Lipinski definition) is 3. The van der Waals surface area contributed by atoms with Gasteiger partial charge in [0.1, 0.15) is 11.4 Å². The number of hydrogen-bond donors (Lipinski definition) is 2.